The van der Waals surface area contributed by atoms with E-state index in [9.17, 15) is 6.65 Å². The summed E-state index contributed by atoms with van der Waals surface area (Å²) in [6.45, 7) is 2.18. The van der Waals surface area contributed by atoms with Crippen molar-refractivity contribution < 1.29 is 24.5 Å². The van der Waals surface area contributed by atoms with E-state index >= 15 is 0 Å². The number of rotatable bonds is 7. The molecule has 0 atom stereocenters. The third-order valence-corrected chi connectivity index (χ3v) is 2.92. The van der Waals surface area contributed by atoms with E-state index in [1.807, 2.05) is 0 Å². The fourth-order valence-corrected chi connectivity index (χ4v) is 1.89. The molecule has 0 aromatic heterocycles. The van der Waals surface area contributed by atoms with Gasteiger partial charge in [-0.15, -0.1) is 0 Å². The molecule has 0 heterocycles. The standard InChI is InChI=1S/C8H17.2O.Ti/c1-3-5-7-8-6-4-2;;;/h1,3-8H2,2H3;;;. The van der Waals surface area contributed by atoms with E-state index in [1.165, 1.54) is 25.7 Å². The van der Waals surface area contributed by atoms with E-state index in [1.54, 1.807) is 0 Å². The molecule has 65 valence electrons. The van der Waals surface area contributed by atoms with Crippen LogP contribution >= 0.6 is 0 Å². The molecule has 0 fully saturated rings. The molecule has 0 saturated heterocycles. The first-order valence-electron chi connectivity index (χ1n) is 4.47. The third-order valence-electron chi connectivity index (χ3n) is 1.73. The van der Waals surface area contributed by atoms with Crippen LogP contribution in [0.2, 0.25) is 4.73 Å². The van der Waals surface area contributed by atoms with Crippen LogP contribution < -0.4 is 0 Å². The van der Waals surface area contributed by atoms with Gasteiger partial charge in [-0.3, -0.25) is 0 Å². The number of hydrogen-bond donors (Lipinski definition) is 0. The van der Waals surface area contributed by atoms with Gasteiger partial charge in [0.2, 0.25) is 0 Å². The summed E-state index contributed by atoms with van der Waals surface area (Å²) in [5.41, 5.74) is 0. The molecule has 0 aliphatic heterocycles. The molecule has 0 aromatic carbocycles. The van der Waals surface area contributed by atoms with Crippen molar-refractivity contribution in [3.63, 3.8) is 0 Å². The first-order valence-corrected chi connectivity index (χ1v) is 6.85. The average molecular weight is 193 g/mol. The molecule has 3 heteroatoms. The van der Waals surface area contributed by atoms with Gasteiger partial charge in [-0.2, -0.15) is 0 Å². The summed E-state index contributed by atoms with van der Waals surface area (Å²) in [5.74, 6) is 0. The Hall–Kier alpha value is 0.314. The summed E-state index contributed by atoms with van der Waals surface area (Å²) < 4.78 is 20.9. The SMILES string of the molecule is CCCCCCC[CH2][Ti](=[O])=[O]. The molecule has 2 nitrogen and oxygen atoms in total. The van der Waals surface area contributed by atoms with Crippen LogP contribution in [0.15, 0.2) is 0 Å². The minimum atomic E-state index is -2.96. The molecule has 0 aliphatic rings. The van der Waals surface area contributed by atoms with E-state index in [0.29, 0.717) is 4.73 Å². The molecule has 0 saturated carbocycles. The Morgan fingerprint density at radius 3 is 2.00 bits per heavy atom. The first kappa shape index (κ1) is 11.3. The van der Waals surface area contributed by atoms with Crippen LogP contribution in [0.4, 0.5) is 0 Å². The van der Waals surface area contributed by atoms with Gasteiger partial charge < -0.3 is 0 Å². The fourth-order valence-electron chi connectivity index (χ4n) is 1.05. The summed E-state index contributed by atoms with van der Waals surface area (Å²) in [6, 6.07) is 0. The van der Waals surface area contributed by atoms with Crippen LogP contribution in [0.25, 0.3) is 0 Å². The predicted molar refractivity (Wildman–Crippen MR) is 39.6 cm³/mol. The summed E-state index contributed by atoms with van der Waals surface area (Å²) in [5, 5.41) is 0. The van der Waals surface area contributed by atoms with Gasteiger partial charge >= 0.3 is 74.6 Å². The second kappa shape index (κ2) is 8.41. The van der Waals surface area contributed by atoms with Gasteiger partial charge in [0.25, 0.3) is 0 Å². The van der Waals surface area contributed by atoms with Crippen molar-refractivity contribution in [1.82, 2.24) is 0 Å². The summed E-state index contributed by atoms with van der Waals surface area (Å²) >= 11 is -2.96. The topological polar surface area (TPSA) is 34.1 Å². The minimum absolute atomic E-state index is 0.478. The summed E-state index contributed by atoms with van der Waals surface area (Å²) in [7, 11) is 0. The van der Waals surface area contributed by atoms with Crippen LogP contribution in [0.1, 0.15) is 45.4 Å². The molecule has 0 radical (unpaired) electrons. The Labute approximate surface area is 74.9 Å². The molecule has 0 N–H and O–H groups in total. The molecule has 0 amide bonds. The zero-order valence-electron chi connectivity index (χ0n) is 7.27. The third kappa shape index (κ3) is 10.3. The molecule has 0 unspecified atom stereocenters. The van der Waals surface area contributed by atoms with Crippen LogP contribution in [-0.2, 0) is 24.5 Å². The Balaban J connectivity index is 2.90. The van der Waals surface area contributed by atoms with Crippen molar-refractivity contribution in [1.29, 1.82) is 0 Å². The molecule has 0 spiro atoms. The second-order valence-corrected chi connectivity index (χ2v) is 4.83. The van der Waals surface area contributed by atoms with E-state index in [2.05, 4.69) is 6.92 Å². The van der Waals surface area contributed by atoms with Crippen LogP contribution in [-0.4, -0.2) is 0 Å². The molecular formula is C8H17O2Ti. The fraction of sp³-hybridized carbons (Fsp3) is 1.00. The number of unbranched alkanes of at least 4 members (excludes halogenated alkanes) is 5. The van der Waals surface area contributed by atoms with E-state index in [-0.39, 0.29) is 0 Å². The normalized spacial score (nSPS) is 9.91. The Morgan fingerprint density at radius 2 is 1.45 bits per heavy atom. The average Bonchev–Trinajstić information content (AvgIpc) is 1.96. The van der Waals surface area contributed by atoms with E-state index < -0.39 is 17.8 Å². The van der Waals surface area contributed by atoms with Crippen molar-refractivity contribution in [3.05, 3.63) is 0 Å². The maximum absolute atomic E-state index is 10.2. The predicted octanol–water partition coefficient (Wildman–Crippen LogP) is 3.07. The first-order chi connectivity index (χ1) is 5.27. The zero-order chi connectivity index (χ0) is 8.53. The van der Waals surface area contributed by atoms with Gasteiger partial charge in [-0.1, -0.05) is 0 Å². The van der Waals surface area contributed by atoms with Crippen molar-refractivity contribution in [2.75, 3.05) is 0 Å². The summed E-state index contributed by atoms with van der Waals surface area (Å²) in [6.07, 6.45) is 7.01. The van der Waals surface area contributed by atoms with Crippen molar-refractivity contribution >= 4 is 0 Å². The van der Waals surface area contributed by atoms with Gasteiger partial charge in [0, 0.05) is 0 Å². The van der Waals surface area contributed by atoms with E-state index in [0.717, 1.165) is 12.8 Å². The maximum atomic E-state index is 10.2. The Morgan fingerprint density at radius 1 is 0.909 bits per heavy atom. The quantitative estimate of drug-likeness (QED) is 0.459. The van der Waals surface area contributed by atoms with Crippen molar-refractivity contribution in [3.8, 4) is 0 Å². The van der Waals surface area contributed by atoms with Crippen LogP contribution in [0.5, 0.6) is 0 Å². The van der Waals surface area contributed by atoms with Crippen molar-refractivity contribution in [2.24, 2.45) is 0 Å². The zero-order valence-corrected chi connectivity index (χ0v) is 8.83. The van der Waals surface area contributed by atoms with Gasteiger partial charge in [0.15, 0.2) is 0 Å². The van der Waals surface area contributed by atoms with Crippen molar-refractivity contribution in [2.45, 2.75) is 50.2 Å². The number of hydrogen-bond acceptors (Lipinski definition) is 2. The molecule has 11 heavy (non-hydrogen) atoms. The van der Waals surface area contributed by atoms with Gasteiger partial charge in [-0.05, 0) is 0 Å². The second-order valence-electron chi connectivity index (χ2n) is 2.89. The molecule has 0 rings (SSSR count). The van der Waals surface area contributed by atoms with Gasteiger partial charge in [-0.25, -0.2) is 0 Å². The van der Waals surface area contributed by atoms with Gasteiger partial charge in [0.05, 0.1) is 0 Å². The molecule has 0 aliphatic carbocycles. The Kier molecular flexibility index (Phi) is 8.65. The Bertz CT molecular complexity index is 133. The monoisotopic (exact) mass is 193 g/mol. The summed E-state index contributed by atoms with van der Waals surface area (Å²) in [4.78, 5) is 0. The van der Waals surface area contributed by atoms with Gasteiger partial charge in [0.1, 0.15) is 0 Å². The van der Waals surface area contributed by atoms with E-state index in [4.69, 9.17) is 0 Å². The van der Waals surface area contributed by atoms with Crippen LogP contribution in [0, 0.1) is 0 Å². The molecule has 0 bridgehead atoms. The molecule has 0 aromatic rings. The molecular weight excluding hydrogens is 176 g/mol. The van der Waals surface area contributed by atoms with Crippen LogP contribution in [0.3, 0.4) is 0 Å².